The molecular formula is C34H45N3O5S. The number of nitrogens with one attached hydrogen (secondary N) is 1. The normalized spacial score (nSPS) is 31.0. The summed E-state index contributed by atoms with van der Waals surface area (Å²) in [5.74, 6) is 0.942. The highest BCUT2D eigenvalue weighted by atomic mass is 32.2. The van der Waals surface area contributed by atoms with Gasteiger partial charge in [0.15, 0.2) is 0 Å². The minimum Gasteiger partial charge on any atom is -0.490 e. The fraction of sp³-hybridized carbons (Fsp3) is 0.588. The van der Waals surface area contributed by atoms with Crippen molar-refractivity contribution in [3.63, 3.8) is 0 Å². The third kappa shape index (κ3) is 6.21. The van der Waals surface area contributed by atoms with E-state index in [1.807, 2.05) is 19.2 Å². The lowest BCUT2D eigenvalue weighted by molar-refractivity contribution is -0.118. The highest BCUT2D eigenvalue weighted by Crippen LogP contribution is 2.47. The predicted octanol–water partition coefficient (Wildman–Crippen LogP) is 5.82. The number of benzene rings is 2. The average Bonchev–Trinajstić information content (AvgIpc) is 3.15. The Kier molecular flexibility index (Phi) is 8.83. The number of rotatable bonds is 3. The lowest BCUT2D eigenvalue weighted by atomic mass is 9.68. The summed E-state index contributed by atoms with van der Waals surface area (Å²) in [6.45, 7) is 3.95. The Bertz CT molecular complexity index is 1480. The number of carbonyl (C=O) groups is 2. The molecule has 2 aromatic carbocycles. The zero-order valence-electron chi connectivity index (χ0n) is 25.5. The molecule has 0 aromatic heterocycles. The second-order valence-electron chi connectivity index (χ2n) is 12.9. The minimum absolute atomic E-state index is 0.149. The van der Waals surface area contributed by atoms with Crippen molar-refractivity contribution in [2.24, 2.45) is 16.2 Å². The Morgan fingerprint density at radius 2 is 2.00 bits per heavy atom. The summed E-state index contributed by atoms with van der Waals surface area (Å²) < 4.78 is 33.2. The largest absolute Gasteiger partial charge is 0.490 e. The van der Waals surface area contributed by atoms with Crippen LogP contribution >= 0.6 is 0 Å². The van der Waals surface area contributed by atoms with Gasteiger partial charge in [0, 0.05) is 37.6 Å². The van der Waals surface area contributed by atoms with Crippen molar-refractivity contribution < 1.29 is 23.3 Å². The summed E-state index contributed by atoms with van der Waals surface area (Å²) in [5, 5.41) is 0. The predicted molar refractivity (Wildman–Crippen MR) is 169 cm³/mol. The molecule has 6 rings (SSSR count). The molecule has 2 aromatic rings. The van der Waals surface area contributed by atoms with E-state index in [2.05, 4.69) is 38.3 Å². The van der Waals surface area contributed by atoms with Gasteiger partial charge in [0.25, 0.3) is 5.91 Å². The van der Waals surface area contributed by atoms with Gasteiger partial charge in [-0.3, -0.25) is 14.3 Å². The molecular weight excluding hydrogens is 562 g/mol. The molecule has 2 heterocycles. The number of nitrogens with zero attached hydrogens (tertiary/aromatic N) is 2. The number of aryl methyl sites for hydroxylation is 1. The van der Waals surface area contributed by atoms with Gasteiger partial charge in [0.05, 0.1) is 24.2 Å². The number of ether oxygens (including phenoxy) is 2. The van der Waals surface area contributed by atoms with Crippen LogP contribution in [0, 0.1) is 11.8 Å². The molecule has 2 aliphatic carbocycles. The zero-order chi connectivity index (χ0) is 30.0. The first kappa shape index (κ1) is 30.1. The average molecular weight is 608 g/mol. The van der Waals surface area contributed by atoms with E-state index in [1.54, 1.807) is 13.0 Å². The van der Waals surface area contributed by atoms with Crippen LogP contribution in [0.2, 0.25) is 0 Å². The first-order chi connectivity index (χ1) is 20.8. The van der Waals surface area contributed by atoms with Gasteiger partial charge in [-0.1, -0.05) is 44.0 Å². The van der Waals surface area contributed by atoms with Crippen LogP contribution in [0.3, 0.4) is 0 Å². The summed E-state index contributed by atoms with van der Waals surface area (Å²) in [7, 11) is -1.43. The summed E-state index contributed by atoms with van der Waals surface area (Å²) in [6.07, 6.45) is 9.24. The third-order valence-electron chi connectivity index (χ3n) is 10.2. The Labute approximate surface area is 256 Å². The van der Waals surface area contributed by atoms with Crippen molar-refractivity contribution in [1.82, 2.24) is 4.72 Å². The maximum Gasteiger partial charge on any atom is 0.286 e. The van der Waals surface area contributed by atoms with Crippen molar-refractivity contribution in [1.29, 1.82) is 0 Å². The molecule has 9 heteroatoms. The Balaban J connectivity index is 1.42. The lowest BCUT2D eigenvalue weighted by Crippen LogP contribution is -2.49. The fourth-order valence-corrected chi connectivity index (χ4v) is 9.40. The van der Waals surface area contributed by atoms with Crippen LogP contribution in [-0.4, -0.2) is 54.7 Å². The summed E-state index contributed by atoms with van der Waals surface area (Å²) in [5.41, 5.74) is 3.87. The first-order valence-electron chi connectivity index (χ1n) is 16.1. The van der Waals surface area contributed by atoms with Crippen LogP contribution in [0.1, 0.15) is 86.2 Å². The Morgan fingerprint density at radius 1 is 1.14 bits per heavy atom. The number of amides is 2. The van der Waals surface area contributed by atoms with Gasteiger partial charge in [0.1, 0.15) is 15.7 Å². The molecule has 1 saturated carbocycles. The summed E-state index contributed by atoms with van der Waals surface area (Å²) in [6, 6.07) is 14.2. The van der Waals surface area contributed by atoms with Crippen molar-refractivity contribution in [3.05, 3.63) is 59.2 Å². The fourth-order valence-electron chi connectivity index (χ4n) is 7.69. The molecule has 1 N–H and O–H groups in total. The molecule has 2 bridgehead atoms. The summed E-state index contributed by atoms with van der Waals surface area (Å²) >= 11 is 0. The molecule has 1 fully saturated rings. The molecule has 0 unspecified atom stereocenters. The van der Waals surface area contributed by atoms with Gasteiger partial charge in [0.2, 0.25) is 5.91 Å². The second-order valence-corrected chi connectivity index (χ2v) is 15.0. The molecule has 1 spiro atoms. The van der Waals surface area contributed by atoms with E-state index in [4.69, 9.17) is 9.47 Å². The molecule has 0 radical (unpaired) electrons. The number of methoxy groups -OCH3 is 1. The molecule has 2 aliphatic heterocycles. The molecule has 8 nitrogen and oxygen atoms in total. The number of carbonyl (C=O) groups excluding carboxylic acids is 2. The van der Waals surface area contributed by atoms with Crippen LogP contribution in [0.4, 0.5) is 5.69 Å². The molecule has 2 amide bonds. The molecule has 5 atom stereocenters. The molecule has 4 aliphatic rings. The highest BCUT2D eigenvalue weighted by Gasteiger charge is 2.44. The molecule has 232 valence electrons. The monoisotopic (exact) mass is 607 g/mol. The first-order valence-corrected chi connectivity index (χ1v) is 17.7. The third-order valence-corrected chi connectivity index (χ3v) is 12.0. The summed E-state index contributed by atoms with van der Waals surface area (Å²) in [4.78, 5) is 28.3. The standard InChI is InChI=1S/C34H45N3O5S/c1-3-32(38)35-43(40)19-8-4-5-13-30(41-2)27-16-14-26(27)21-37-22-34(18-9-11-24-10-6-7-12-28(24)34)23-42-31-17-15-25(20-29(31)37)33(39)36-43/h6-7,10,12,15,17,20,26-27,30H,3-5,8-9,11,13-14,16,18-19,21-23H2,1-2H3,(H,35,36,38,39,40)/t26-,27+,30-,34-,43-/m0/s1. The van der Waals surface area contributed by atoms with Gasteiger partial charge >= 0.3 is 0 Å². The van der Waals surface area contributed by atoms with Gasteiger partial charge in [-0.15, -0.1) is 4.36 Å². The van der Waals surface area contributed by atoms with Gasteiger partial charge < -0.3 is 14.4 Å². The van der Waals surface area contributed by atoms with Crippen LogP contribution in [0.25, 0.3) is 0 Å². The Hall–Kier alpha value is -2.91. The van der Waals surface area contributed by atoms with Crippen molar-refractivity contribution in [2.45, 2.75) is 82.7 Å². The van der Waals surface area contributed by atoms with Crippen LogP contribution < -0.4 is 14.4 Å². The maximum absolute atomic E-state index is 13.8. The second kappa shape index (κ2) is 12.6. The van der Waals surface area contributed by atoms with E-state index >= 15 is 0 Å². The quantitative estimate of drug-likeness (QED) is 0.472. The van der Waals surface area contributed by atoms with Crippen LogP contribution in [0.15, 0.2) is 46.8 Å². The van der Waals surface area contributed by atoms with Crippen LogP contribution in [-0.2, 0) is 31.3 Å². The number of hydrogen-bond donors (Lipinski definition) is 1. The number of fused-ring (bicyclic) bond motifs is 4. The highest BCUT2D eigenvalue weighted by molar-refractivity contribution is 7.92. The SMILES string of the molecule is CCC(=O)N[S@]1(=O)=NC(=O)c2ccc3c(c2)N(C[C@@H]2CC[C@H]2[C@@H](OC)CCCCC1)C[C@@]1(CCCc2ccccc21)CO3. The van der Waals surface area contributed by atoms with E-state index in [-0.39, 0.29) is 29.6 Å². The van der Waals surface area contributed by atoms with E-state index in [0.29, 0.717) is 30.4 Å². The van der Waals surface area contributed by atoms with Crippen molar-refractivity contribution >= 4 is 27.4 Å². The molecule has 0 saturated heterocycles. The van der Waals surface area contributed by atoms with E-state index < -0.39 is 15.8 Å². The van der Waals surface area contributed by atoms with E-state index in [1.165, 1.54) is 11.1 Å². The van der Waals surface area contributed by atoms with Crippen molar-refractivity contribution in [3.8, 4) is 5.75 Å². The maximum atomic E-state index is 13.8. The molecule has 43 heavy (non-hydrogen) atoms. The van der Waals surface area contributed by atoms with Gasteiger partial charge in [-0.05, 0) is 86.1 Å². The van der Waals surface area contributed by atoms with E-state index in [9.17, 15) is 13.8 Å². The minimum atomic E-state index is -3.25. The number of anilines is 1. The van der Waals surface area contributed by atoms with Gasteiger partial charge in [-0.25, -0.2) is 4.21 Å². The van der Waals surface area contributed by atoms with E-state index in [0.717, 1.165) is 75.9 Å². The topological polar surface area (TPSA) is 97.3 Å². The van der Waals surface area contributed by atoms with Crippen molar-refractivity contribution in [2.75, 3.05) is 37.5 Å². The number of hydrogen-bond acceptors (Lipinski definition) is 6. The smallest absolute Gasteiger partial charge is 0.286 e. The lowest BCUT2D eigenvalue weighted by Gasteiger charge is -2.46. The van der Waals surface area contributed by atoms with Crippen LogP contribution in [0.5, 0.6) is 5.75 Å². The van der Waals surface area contributed by atoms with Gasteiger partial charge in [-0.2, -0.15) is 0 Å². The Morgan fingerprint density at radius 3 is 2.79 bits per heavy atom. The zero-order valence-corrected chi connectivity index (χ0v) is 26.3.